The van der Waals surface area contributed by atoms with Gasteiger partial charge in [-0.15, -0.1) is 0 Å². The van der Waals surface area contributed by atoms with Crippen LogP contribution in [0.4, 0.5) is 5.69 Å². The molecule has 5 heteroatoms. The molecule has 2 aromatic rings. The average Bonchev–Trinajstić information content (AvgIpc) is 2.80. The molecule has 0 bridgehead atoms. The lowest BCUT2D eigenvalue weighted by atomic mass is 10.3. The molecule has 0 unspecified atom stereocenters. The third-order valence-electron chi connectivity index (χ3n) is 3.06. The topological polar surface area (TPSA) is 41.3 Å². The van der Waals surface area contributed by atoms with E-state index in [-0.39, 0.29) is 6.61 Å². The predicted octanol–water partition coefficient (Wildman–Crippen LogP) is 2.14. The Balaban J connectivity index is 1.85. The van der Waals surface area contributed by atoms with Gasteiger partial charge in [-0.1, -0.05) is 30.0 Å². The van der Waals surface area contributed by atoms with Crippen LogP contribution in [0.5, 0.6) is 0 Å². The molecule has 0 fully saturated rings. The molecule has 0 aliphatic rings. The van der Waals surface area contributed by atoms with Crippen molar-refractivity contribution in [3.05, 3.63) is 42.2 Å². The lowest BCUT2D eigenvalue weighted by molar-refractivity contribution is 0.271. The minimum atomic E-state index is 0.0357. The second kappa shape index (κ2) is 6.63. The first-order valence-corrected chi connectivity index (χ1v) is 7.21. The Morgan fingerprint density at radius 3 is 2.68 bits per heavy atom. The summed E-state index contributed by atoms with van der Waals surface area (Å²) in [5.41, 5.74) is 2.07. The van der Waals surface area contributed by atoms with Crippen LogP contribution >= 0.6 is 11.8 Å². The highest BCUT2D eigenvalue weighted by atomic mass is 32.2. The summed E-state index contributed by atoms with van der Waals surface area (Å²) in [6.07, 6.45) is 1.73. The Hall–Kier alpha value is -1.46. The van der Waals surface area contributed by atoms with E-state index < -0.39 is 0 Å². The van der Waals surface area contributed by atoms with Crippen LogP contribution in [0.2, 0.25) is 0 Å². The van der Waals surface area contributed by atoms with Gasteiger partial charge < -0.3 is 14.6 Å². The molecule has 0 saturated heterocycles. The highest BCUT2D eigenvalue weighted by molar-refractivity contribution is 7.99. The molecule has 0 spiro atoms. The van der Waals surface area contributed by atoms with E-state index in [1.54, 1.807) is 18.0 Å². The Labute approximate surface area is 118 Å². The second-order valence-corrected chi connectivity index (χ2v) is 5.42. The van der Waals surface area contributed by atoms with Crippen molar-refractivity contribution in [2.75, 3.05) is 24.2 Å². The number of benzene rings is 1. The Bertz CT molecular complexity index is 513. The van der Waals surface area contributed by atoms with E-state index in [1.807, 2.05) is 29.8 Å². The number of hydrogen-bond donors (Lipinski definition) is 1. The highest BCUT2D eigenvalue weighted by Gasteiger charge is 2.06. The van der Waals surface area contributed by atoms with Gasteiger partial charge in [-0.2, -0.15) is 0 Å². The van der Waals surface area contributed by atoms with Gasteiger partial charge in [0.15, 0.2) is 5.16 Å². The van der Waals surface area contributed by atoms with Gasteiger partial charge in [0.25, 0.3) is 0 Å². The molecule has 0 amide bonds. The van der Waals surface area contributed by atoms with Crippen molar-refractivity contribution in [2.45, 2.75) is 11.8 Å². The standard InChI is InChI=1S/C14H19N3OS/c1-16(12-6-4-3-5-7-12)8-9-19-14-15-10-13(11-18)17(14)2/h3-7,10,18H,8-9,11H2,1-2H3. The van der Waals surface area contributed by atoms with Crippen LogP contribution in [-0.2, 0) is 13.7 Å². The van der Waals surface area contributed by atoms with Gasteiger partial charge in [-0.3, -0.25) is 0 Å². The van der Waals surface area contributed by atoms with Gasteiger partial charge in [-0.25, -0.2) is 4.98 Å². The molecule has 0 radical (unpaired) electrons. The molecule has 1 heterocycles. The SMILES string of the molecule is CN(CCSc1ncc(CO)n1C)c1ccccc1. The molecular formula is C14H19N3OS. The van der Waals surface area contributed by atoms with E-state index in [9.17, 15) is 0 Å². The Morgan fingerprint density at radius 1 is 1.32 bits per heavy atom. The maximum Gasteiger partial charge on any atom is 0.168 e. The lowest BCUT2D eigenvalue weighted by Gasteiger charge is -2.18. The fraction of sp³-hybridized carbons (Fsp3) is 0.357. The van der Waals surface area contributed by atoms with Crippen molar-refractivity contribution in [1.29, 1.82) is 0 Å². The van der Waals surface area contributed by atoms with Crippen molar-refractivity contribution in [2.24, 2.45) is 7.05 Å². The predicted molar refractivity (Wildman–Crippen MR) is 79.6 cm³/mol. The van der Waals surface area contributed by atoms with E-state index in [0.717, 1.165) is 23.1 Å². The number of rotatable bonds is 6. The number of anilines is 1. The van der Waals surface area contributed by atoms with Gasteiger partial charge in [0.1, 0.15) is 0 Å². The van der Waals surface area contributed by atoms with Gasteiger partial charge in [-0.05, 0) is 12.1 Å². The molecule has 0 saturated carbocycles. The number of aliphatic hydroxyl groups is 1. The molecular weight excluding hydrogens is 258 g/mol. The first kappa shape index (κ1) is 14.0. The number of aromatic nitrogens is 2. The van der Waals surface area contributed by atoms with Gasteiger partial charge in [0, 0.05) is 32.1 Å². The van der Waals surface area contributed by atoms with Crippen LogP contribution in [0.3, 0.4) is 0 Å². The zero-order valence-corrected chi connectivity index (χ0v) is 12.1. The lowest BCUT2D eigenvalue weighted by Crippen LogP contribution is -2.20. The van der Waals surface area contributed by atoms with E-state index in [0.29, 0.717) is 0 Å². The first-order valence-electron chi connectivity index (χ1n) is 6.23. The molecule has 0 aliphatic carbocycles. The van der Waals surface area contributed by atoms with Crippen LogP contribution in [-0.4, -0.2) is 34.0 Å². The van der Waals surface area contributed by atoms with Gasteiger partial charge >= 0.3 is 0 Å². The summed E-state index contributed by atoms with van der Waals surface area (Å²) in [5.74, 6) is 0.959. The third-order valence-corrected chi connectivity index (χ3v) is 4.08. The summed E-state index contributed by atoms with van der Waals surface area (Å²) >= 11 is 1.71. The van der Waals surface area contributed by atoms with Crippen molar-refractivity contribution in [3.8, 4) is 0 Å². The van der Waals surface area contributed by atoms with Crippen LogP contribution in [0, 0.1) is 0 Å². The summed E-state index contributed by atoms with van der Waals surface area (Å²) in [5, 5.41) is 10.1. The molecule has 0 aliphatic heterocycles. The molecule has 1 aromatic carbocycles. The van der Waals surface area contributed by atoms with E-state index in [4.69, 9.17) is 5.11 Å². The number of aliphatic hydroxyl groups excluding tert-OH is 1. The maximum atomic E-state index is 9.12. The molecule has 19 heavy (non-hydrogen) atoms. The molecule has 2 rings (SSSR count). The fourth-order valence-corrected chi connectivity index (χ4v) is 2.78. The van der Waals surface area contributed by atoms with Gasteiger partial charge in [0.05, 0.1) is 18.5 Å². The Kier molecular flexibility index (Phi) is 4.87. The Morgan fingerprint density at radius 2 is 2.05 bits per heavy atom. The summed E-state index contributed by atoms with van der Waals surface area (Å²) in [4.78, 5) is 6.53. The third kappa shape index (κ3) is 3.52. The number of hydrogen-bond acceptors (Lipinski definition) is 4. The molecule has 0 atom stereocenters. The van der Waals surface area contributed by atoms with E-state index in [2.05, 4.69) is 29.1 Å². The zero-order valence-electron chi connectivity index (χ0n) is 11.3. The van der Waals surface area contributed by atoms with Crippen molar-refractivity contribution in [1.82, 2.24) is 9.55 Å². The number of imidazole rings is 1. The quantitative estimate of drug-likeness (QED) is 0.821. The minimum absolute atomic E-state index is 0.0357. The fourth-order valence-electron chi connectivity index (χ4n) is 1.79. The largest absolute Gasteiger partial charge is 0.390 e. The van der Waals surface area contributed by atoms with Crippen molar-refractivity contribution >= 4 is 17.4 Å². The minimum Gasteiger partial charge on any atom is -0.390 e. The van der Waals surface area contributed by atoms with Crippen LogP contribution in [0.25, 0.3) is 0 Å². The summed E-state index contributed by atoms with van der Waals surface area (Å²) in [6, 6.07) is 10.3. The summed E-state index contributed by atoms with van der Waals surface area (Å²) in [7, 11) is 4.02. The highest BCUT2D eigenvalue weighted by Crippen LogP contribution is 2.18. The summed E-state index contributed by atoms with van der Waals surface area (Å²) < 4.78 is 1.94. The van der Waals surface area contributed by atoms with E-state index in [1.165, 1.54) is 5.69 Å². The number of nitrogens with zero attached hydrogens (tertiary/aromatic N) is 3. The normalized spacial score (nSPS) is 10.7. The molecule has 1 aromatic heterocycles. The molecule has 4 nitrogen and oxygen atoms in total. The second-order valence-electron chi connectivity index (χ2n) is 4.35. The monoisotopic (exact) mass is 277 g/mol. The van der Waals surface area contributed by atoms with E-state index >= 15 is 0 Å². The van der Waals surface area contributed by atoms with Crippen molar-refractivity contribution < 1.29 is 5.11 Å². The smallest absolute Gasteiger partial charge is 0.168 e. The molecule has 1 N–H and O–H groups in total. The first-order chi connectivity index (χ1) is 9.22. The maximum absolute atomic E-state index is 9.12. The van der Waals surface area contributed by atoms with Crippen molar-refractivity contribution in [3.63, 3.8) is 0 Å². The summed E-state index contributed by atoms with van der Waals surface area (Å²) in [6.45, 7) is 0.990. The number of para-hydroxylation sites is 1. The molecule has 102 valence electrons. The van der Waals surface area contributed by atoms with Gasteiger partial charge in [0.2, 0.25) is 0 Å². The number of thioether (sulfide) groups is 1. The van der Waals surface area contributed by atoms with Crippen LogP contribution in [0.1, 0.15) is 5.69 Å². The van der Waals surface area contributed by atoms with Crippen LogP contribution in [0.15, 0.2) is 41.7 Å². The average molecular weight is 277 g/mol. The van der Waals surface area contributed by atoms with Crippen LogP contribution < -0.4 is 4.90 Å². The zero-order chi connectivity index (χ0) is 13.7.